The Labute approximate surface area is 379 Å². The highest BCUT2D eigenvalue weighted by Gasteiger charge is 2.23. The molecule has 0 radical (unpaired) electrons. The molecule has 0 spiro atoms. The lowest BCUT2D eigenvalue weighted by atomic mass is 9.99. The van der Waals surface area contributed by atoms with E-state index < -0.39 is 10.0 Å². The van der Waals surface area contributed by atoms with Gasteiger partial charge in [-0.05, 0) is 131 Å². The fraction of sp³-hybridized carbons (Fsp3) is 0. The Morgan fingerprint density at radius 3 is 1.21 bits per heavy atom. The van der Waals surface area contributed by atoms with Crippen LogP contribution < -0.4 is 0 Å². The molecule has 2 aliphatic rings. The van der Waals surface area contributed by atoms with E-state index in [0.29, 0.717) is 5.52 Å². The van der Waals surface area contributed by atoms with E-state index in [1.807, 2.05) is 78.9 Å². The van der Waals surface area contributed by atoms with Crippen molar-refractivity contribution in [1.82, 2.24) is 38.9 Å². The third kappa shape index (κ3) is 6.65. The molecular weight excluding hydrogens is 837 g/mol. The van der Waals surface area contributed by atoms with Gasteiger partial charge in [0.1, 0.15) is 0 Å². The predicted octanol–water partition coefficient (Wildman–Crippen LogP) is 12.4. The van der Waals surface area contributed by atoms with E-state index >= 15 is 0 Å². The monoisotopic (exact) mass is 872 g/mol. The number of nitrogens with zero attached hydrogens (tertiary/aromatic N) is 6. The van der Waals surface area contributed by atoms with Gasteiger partial charge in [-0.2, -0.15) is 0 Å². The average molecular weight is 873 g/mol. The number of hydrogen-bond donors (Lipinski definition) is 2. The van der Waals surface area contributed by atoms with Crippen molar-refractivity contribution in [2.75, 3.05) is 0 Å². The minimum atomic E-state index is -3.86. The third-order valence-corrected chi connectivity index (χ3v) is 13.8. The summed E-state index contributed by atoms with van der Waals surface area (Å²) in [6.45, 7) is 0. The van der Waals surface area contributed by atoms with Gasteiger partial charge >= 0.3 is 0 Å². The standard InChI is InChI=1S/C55H36N8O2S/c64-66(65,40-6-2-1-3-7-40)63-34-42(41-8-4-5-9-51(41)63)35-10-12-36(13-11-35)52-43-14-16-45(59-43)53(37-22-28-56-29-23-37)47-18-20-49(61-47)55(39-26-32-58-33-27-39)50-21-19-48(62-50)54(38-24-30-57-31-25-38)46-17-15-44(52)60-46/h1-34,59,62H. The van der Waals surface area contributed by atoms with Gasteiger partial charge in [0, 0.05) is 98.6 Å². The molecule has 2 N–H and O–H groups in total. The predicted molar refractivity (Wildman–Crippen MR) is 264 cm³/mol. The average Bonchev–Trinajstić information content (AvgIpc) is 4.24. The van der Waals surface area contributed by atoms with Crippen LogP contribution in [0.15, 0.2) is 188 Å². The van der Waals surface area contributed by atoms with Crippen LogP contribution in [0.3, 0.4) is 0 Å². The van der Waals surface area contributed by atoms with Crippen molar-refractivity contribution in [1.29, 1.82) is 0 Å². The fourth-order valence-electron chi connectivity index (χ4n) is 9.08. The molecule has 0 saturated carbocycles. The minimum Gasteiger partial charge on any atom is -0.354 e. The number of benzene rings is 3. The van der Waals surface area contributed by atoms with Gasteiger partial charge in [-0.15, -0.1) is 0 Å². The number of pyridine rings is 3. The van der Waals surface area contributed by atoms with Gasteiger partial charge in [0.05, 0.1) is 33.2 Å². The molecule has 12 rings (SSSR count). The maximum Gasteiger partial charge on any atom is 0.268 e. The van der Waals surface area contributed by atoms with Crippen molar-refractivity contribution in [2.24, 2.45) is 0 Å². The molecule has 10 nitrogen and oxygen atoms in total. The zero-order valence-electron chi connectivity index (χ0n) is 35.0. The van der Waals surface area contributed by atoms with E-state index in [1.165, 1.54) is 3.97 Å². The lowest BCUT2D eigenvalue weighted by Crippen LogP contribution is -2.11. The van der Waals surface area contributed by atoms with Gasteiger partial charge in [-0.25, -0.2) is 22.4 Å². The van der Waals surface area contributed by atoms with Crippen LogP contribution in [-0.2, 0) is 10.0 Å². The second kappa shape index (κ2) is 15.8. The number of aromatic amines is 2. The molecule has 314 valence electrons. The van der Waals surface area contributed by atoms with Gasteiger partial charge in [0.15, 0.2) is 0 Å². The van der Waals surface area contributed by atoms with Crippen molar-refractivity contribution < 1.29 is 8.42 Å². The molecule has 10 aromatic rings. The Balaban J connectivity index is 1.12. The van der Waals surface area contributed by atoms with Gasteiger partial charge in [0.2, 0.25) is 0 Å². The number of fused-ring (bicyclic) bond motifs is 9. The quantitative estimate of drug-likeness (QED) is 0.163. The first-order valence-electron chi connectivity index (χ1n) is 21.4. The smallest absolute Gasteiger partial charge is 0.268 e. The largest absolute Gasteiger partial charge is 0.354 e. The Kier molecular flexibility index (Phi) is 9.28. The highest BCUT2D eigenvalue weighted by Crippen LogP contribution is 2.40. The minimum absolute atomic E-state index is 0.226. The molecule has 8 bridgehead atoms. The molecular formula is C55H36N8O2S. The summed E-state index contributed by atoms with van der Waals surface area (Å²) in [6, 6.07) is 44.8. The number of rotatable bonds is 7. The maximum atomic E-state index is 14.0. The number of H-pyrrole nitrogens is 2. The van der Waals surface area contributed by atoms with Crippen LogP contribution in [0, 0.1) is 0 Å². The molecule has 11 heteroatoms. The summed E-state index contributed by atoms with van der Waals surface area (Å²) in [5.74, 6) is 0. The number of para-hydroxylation sites is 1. The molecule has 0 aliphatic carbocycles. The Morgan fingerprint density at radius 2 is 0.773 bits per heavy atom. The normalized spacial score (nSPS) is 12.2. The Bertz CT molecular complexity index is 3820. The van der Waals surface area contributed by atoms with E-state index in [9.17, 15) is 8.42 Å². The summed E-state index contributed by atoms with van der Waals surface area (Å²) in [7, 11) is -3.86. The third-order valence-electron chi connectivity index (χ3n) is 12.1. The first-order valence-corrected chi connectivity index (χ1v) is 22.8. The topological polar surface area (TPSA) is 135 Å². The molecule has 0 atom stereocenters. The van der Waals surface area contributed by atoms with Crippen molar-refractivity contribution in [2.45, 2.75) is 4.90 Å². The Hall–Kier alpha value is -8.80. The lowest BCUT2D eigenvalue weighted by Gasteiger charge is -2.08. The van der Waals surface area contributed by atoms with Gasteiger partial charge in [0.25, 0.3) is 10.0 Å². The maximum absolute atomic E-state index is 14.0. The second-order valence-corrected chi connectivity index (χ2v) is 17.8. The van der Waals surface area contributed by atoms with Crippen LogP contribution in [0.5, 0.6) is 0 Å². The molecule has 66 heavy (non-hydrogen) atoms. The summed E-state index contributed by atoms with van der Waals surface area (Å²) in [6.07, 6.45) is 20.8. The van der Waals surface area contributed by atoms with Crippen LogP contribution in [-0.4, -0.2) is 47.3 Å². The lowest BCUT2D eigenvalue weighted by molar-refractivity contribution is 0.589. The van der Waals surface area contributed by atoms with Crippen LogP contribution in [0.2, 0.25) is 0 Å². The van der Waals surface area contributed by atoms with Gasteiger partial charge < -0.3 is 9.97 Å². The number of nitrogens with one attached hydrogen (secondary N) is 2. The van der Waals surface area contributed by atoms with Crippen molar-refractivity contribution in [3.05, 3.63) is 206 Å². The van der Waals surface area contributed by atoms with E-state index in [0.717, 1.165) is 106 Å². The van der Waals surface area contributed by atoms with Crippen molar-refractivity contribution in [3.63, 3.8) is 0 Å². The zero-order valence-corrected chi connectivity index (χ0v) is 35.9. The van der Waals surface area contributed by atoms with Crippen LogP contribution in [0.25, 0.3) is 113 Å². The second-order valence-electron chi connectivity index (χ2n) is 16.0. The summed E-state index contributed by atoms with van der Waals surface area (Å²) in [4.78, 5) is 31.6. The number of hydrogen-bond acceptors (Lipinski definition) is 7. The van der Waals surface area contributed by atoms with E-state index in [4.69, 9.17) is 9.97 Å². The highest BCUT2D eigenvalue weighted by atomic mass is 32.2. The summed E-state index contributed by atoms with van der Waals surface area (Å²) >= 11 is 0. The van der Waals surface area contributed by atoms with Crippen LogP contribution >= 0.6 is 0 Å². The molecule has 0 amide bonds. The zero-order chi connectivity index (χ0) is 44.2. The summed E-state index contributed by atoms with van der Waals surface area (Å²) in [5, 5.41) is 0.832. The molecule has 9 heterocycles. The molecule has 0 saturated heterocycles. The number of aromatic nitrogens is 8. The Morgan fingerprint density at radius 1 is 0.394 bits per heavy atom. The fourth-order valence-corrected chi connectivity index (χ4v) is 10.5. The molecule has 7 aromatic heterocycles. The highest BCUT2D eigenvalue weighted by molar-refractivity contribution is 7.90. The summed E-state index contributed by atoms with van der Waals surface area (Å²) < 4.78 is 29.4. The van der Waals surface area contributed by atoms with Crippen molar-refractivity contribution >= 4 is 67.3 Å². The first kappa shape index (κ1) is 38.8. The molecule has 3 aromatic carbocycles. The first-order chi connectivity index (χ1) is 32.5. The van der Waals surface area contributed by atoms with E-state index in [1.54, 1.807) is 67.6 Å². The molecule has 0 unspecified atom stereocenters. The van der Waals surface area contributed by atoms with Crippen LogP contribution in [0.1, 0.15) is 22.8 Å². The SMILES string of the molecule is O=S(=O)(c1ccccc1)n1cc(-c2ccc(-c3c4nc(c(-c5ccncc5)c5ccc([nH]5)c(-c5ccncc5)c5nc(c(-c6ccncc6)c6ccc3[nH]6)C=C5)C=C4)cc2)c2ccccc21. The van der Waals surface area contributed by atoms with E-state index in [2.05, 4.69) is 85.6 Å². The molecule has 0 fully saturated rings. The van der Waals surface area contributed by atoms with Gasteiger partial charge in [-0.1, -0.05) is 60.7 Å². The van der Waals surface area contributed by atoms with Gasteiger partial charge in [-0.3, -0.25) is 15.0 Å². The summed E-state index contributed by atoms with van der Waals surface area (Å²) in [5.41, 5.74) is 16.4. The van der Waals surface area contributed by atoms with Crippen LogP contribution in [0.4, 0.5) is 0 Å². The van der Waals surface area contributed by atoms with E-state index in [-0.39, 0.29) is 4.90 Å². The van der Waals surface area contributed by atoms with Crippen molar-refractivity contribution in [3.8, 4) is 55.6 Å². The molecule has 2 aliphatic heterocycles.